The molecule has 116 valence electrons. The summed E-state index contributed by atoms with van der Waals surface area (Å²) in [6, 6.07) is 0.574. The number of nitrogens with zero attached hydrogens (tertiary/aromatic N) is 2. The monoisotopic (exact) mass is 281 g/mol. The van der Waals surface area contributed by atoms with E-state index in [0.717, 1.165) is 19.5 Å². The van der Waals surface area contributed by atoms with Gasteiger partial charge in [0, 0.05) is 12.6 Å². The molecule has 0 aromatic heterocycles. The Hall–Kier alpha value is -0.610. The third-order valence-electron chi connectivity index (χ3n) is 4.91. The molecule has 0 aromatic carbocycles. The Kier molecular flexibility index (Phi) is 5.85. The van der Waals surface area contributed by atoms with Gasteiger partial charge in [-0.15, -0.1) is 0 Å². The van der Waals surface area contributed by atoms with Crippen molar-refractivity contribution in [3.63, 3.8) is 0 Å². The number of piperidine rings is 2. The van der Waals surface area contributed by atoms with Crippen molar-refractivity contribution in [2.24, 2.45) is 5.92 Å². The average molecular weight is 281 g/mol. The van der Waals surface area contributed by atoms with E-state index < -0.39 is 0 Å². The largest absolute Gasteiger partial charge is 0.354 e. The number of rotatable bonds is 4. The predicted molar refractivity (Wildman–Crippen MR) is 82.7 cm³/mol. The van der Waals surface area contributed by atoms with Crippen molar-refractivity contribution >= 4 is 5.91 Å². The highest BCUT2D eigenvalue weighted by Crippen LogP contribution is 2.20. The van der Waals surface area contributed by atoms with Gasteiger partial charge in [0.2, 0.25) is 5.91 Å². The first-order valence-corrected chi connectivity index (χ1v) is 8.30. The number of hydrogen-bond acceptors (Lipinski definition) is 3. The van der Waals surface area contributed by atoms with Gasteiger partial charge in [0.05, 0.1) is 6.04 Å². The van der Waals surface area contributed by atoms with E-state index in [1.165, 1.54) is 38.8 Å². The molecular formula is C16H31N3O. The molecule has 2 fully saturated rings. The van der Waals surface area contributed by atoms with Gasteiger partial charge in [-0.3, -0.25) is 9.69 Å². The lowest BCUT2D eigenvalue weighted by molar-refractivity contribution is -0.128. The van der Waals surface area contributed by atoms with Crippen LogP contribution in [0.5, 0.6) is 0 Å². The third-order valence-corrected chi connectivity index (χ3v) is 4.91. The lowest BCUT2D eigenvalue weighted by atomic mass is 9.96. The smallest absolute Gasteiger partial charge is 0.237 e. The Labute approximate surface area is 123 Å². The highest BCUT2D eigenvalue weighted by molar-refractivity contribution is 5.81. The first-order chi connectivity index (χ1) is 9.58. The lowest BCUT2D eigenvalue weighted by Gasteiger charge is -2.38. The molecule has 1 amide bonds. The summed E-state index contributed by atoms with van der Waals surface area (Å²) >= 11 is 0. The van der Waals surface area contributed by atoms with Gasteiger partial charge in [0.1, 0.15) is 0 Å². The molecule has 0 bridgehead atoms. The summed E-state index contributed by atoms with van der Waals surface area (Å²) in [7, 11) is 2.18. The van der Waals surface area contributed by atoms with Crippen LogP contribution in [0.4, 0.5) is 0 Å². The zero-order valence-corrected chi connectivity index (χ0v) is 13.4. The standard InChI is InChI=1S/C16H31N3O/c1-13(2)19-9-5-4-6-15(19)16(20)17-12-14-7-10-18(3)11-8-14/h13-15H,4-12H2,1-3H3,(H,17,20). The van der Waals surface area contributed by atoms with Crippen LogP contribution in [0, 0.1) is 5.92 Å². The first kappa shape index (κ1) is 15.8. The Morgan fingerprint density at radius 1 is 1.15 bits per heavy atom. The van der Waals surface area contributed by atoms with E-state index >= 15 is 0 Å². The fourth-order valence-electron chi connectivity index (χ4n) is 3.48. The van der Waals surface area contributed by atoms with Gasteiger partial charge < -0.3 is 10.2 Å². The molecule has 0 spiro atoms. The Morgan fingerprint density at radius 3 is 2.50 bits per heavy atom. The van der Waals surface area contributed by atoms with Crippen LogP contribution >= 0.6 is 0 Å². The summed E-state index contributed by atoms with van der Waals surface area (Å²) in [5.41, 5.74) is 0. The minimum atomic E-state index is 0.106. The Morgan fingerprint density at radius 2 is 1.85 bits per heavy atom. The van der Waals surface area contributed by atoms with Crippen molar-refractivity contribution in [1.82, 2.24) is 15.1 Å². The summed E-state index contributed by atoms with van der Waals surface area (Å²) < 4.78 is 0. The van der Waals surface area contributed by atoms with E-state index in [1.807, 2.05) is 0 Å². The van der Waals surface area contributed by atoms with Crippen molar-refractivity contribution < 1.29 is 4.79 Å². The molecule has 0 radical (unpaired) electrons. The molecule has 2 saturated heterocycles. The highest BCUT2D eigenvalue weighted by Gasteiger charge is 2.30. The third kappa shape index (κ3) is 4.19. The summed E-state index contributed by atoms with van der Waals surface area (Å²) in [4.78, 5) is 17.2. The molecule has 0 aliphatic carbocycles. The summed E-state index contributed by atoms with van der Waals surface area (Å²) in [5, 5.41) is 3.22. The number of amides is 1. The summed E-state index contributed by atoms with van der Waals surface area (Å²) in [6.45, 7) is 8.67. The van der Waals surface area contributed by atoms with Crippen LogP contribution in [-0.2, 0) is 4.79 Å². The summed E-state index contributed by atoms with van der Waals surface area (Å²) in [5.74, 6) is 0.934. The highest BCUT2D eigenvalue weighted by atomic mass is 16.2. The van der Waals surface area contributed by atoms with E-state index in [9.17, 15) is 4.79 Å². The van der Waals surface area contributed by atoms with Gasteiger partial charge in [-0.1, -0.05) is 6.42 Å². The zero-order chi connectivity index (χ0) is 14.5. The van der Waals surface area contributed by atoms with Crippen LogP contribution in [0.15, 0.2) is 0 Å². The Bertz CT molecular complexity index is 311. The number of likely N-dealkylation sites (tertiary alicyclic amines) is 2. The first-order valence-electron chi connectivity index (χ1n) is 8.30. The van der Waals surface area contributed by atoms with Gasteiger partial charge in [0.15, 0.2) is 0 Å². The van der Waals surface area contributed by atoms with Crippen LogP contribution < -0.4 is 5.32 Å². The van der Waals surface area contributed by atoms with Crippen LogP contribution in [0.25, 0.3) is 0 Å². The number of nitrogens with one attached hydrogen (secondary N) is 1. The van der Waals surface area contributed by atoms with E-state index in [-0.39, 0.29) is 11.9 Å². The van der Waals surface area contributed by atoms with Crippen molar-refractivity contribution in [3.05, 3.63) is 0 Å². The fourth-order valence-corrected chi connectivity index (χ4v) is 3.48. The van der Waals surface area contributed by atoms with E-state index in [2.05, 4.69) is 36.0 Å². The van der Waals surface area contributed by atoms with Gasteiger partial charge in [-0.05, 0) is 72.1 Å². The molecule has 20 heavy (non-hydrogen) atoms. The maximum atomic E-state index is 12.5. The molecule has 4 heteroatoms. The maximum Gasteiger partial charge on any atom is 0.237 e. The van der Waals surface area contributed by atoms with E-state index in [4.69, 9.17) is 0 Å². The predicted octanol–water partition coefficient (Wildman–Crippen LogP) is 1.71. The molecule has 2 rings (SSSR count). The molecule has 2 aliphatic heterocycles. The maximum absolute atomic E-state index is 12.5. The van der Waals surface area contributed by atoms with Crippen LogP contribution in [0.2, 0.25) is 0 Å². The molecule has 1 N–H and O–H groups in total. The van der Waals surface area contributed by atoms with Crippen molar-refractivity contribution in [2.75, 3.05) is 33.2 Å². The number of carbonyl (C=O) groups excluding carboxylic acids is 1. The molecule has 1 unspecified atom stereocenters. The molecule has 2 heterocycles. The Balaban J connectivity index is 1.78. The minimum Gasteiger partial charge on any atom is -0.354 e. The van der Waals surface area contributed by atoms with E-state index in [1.54, 1.807) is 0 Å². The van der Waals surface area contributed by atoms with Gasteiger partial charge in [0.25, 0.3) is 0 Å². The SMILES string of the molecule is CC(C)N1CCCCC1C(=O)NCC1CCN(C)CC1. The quantitative estimate of drug-likeness (QED) is 0.852. The fraction of sp³-hybridized carbons (Fsp3) is 0.938. The van der Waals surface area contributed by atoms with Crippen molar-refractivity contribution in [1.29, 1.82) is 0 Å². The second-order valence-corrected chi connectivity index (χ2v) is 6.83. The minimum absolute atomic E-state index is 0.106. The van der Waals surface area contributed by atoms with Crippen molar-refractivity contribution in [2.45, 2.75) is 58.0 Å². The molecule has 4 nitrogen and oxygen atoms in total. The van der Waals surface area contributed by atoms with Crippen LogP contribution in [0.1, 0.15) is 46.0 Å². The molecular weight excluding hydrogens is 250 g/mol. The number of hydrogen-bond donors (Lipinski definition) is 1. The van der Waals surface area contributed by atoms with Crippen LogP contribution in [-0.4, -0.2) is 61.0 Å². The number of carbonyl (C=O) groups is 1. The second-order valence-electron chi connectivity index (χ2n) is 6.83. The second kappa shape index (κ2) is 7.41. The molecule has 1 atom stereocenters. The molecule has 2 aliphatic rings. The van der Waals surface area contributed by atoms with Gasteiger partial charge in [-0.25, -0.2) is 0 Å². The normalized spacial score (nSPS) is 26.9. The average Bonchev–Trinajstić information content (AvgIpc) is 2.46. The summed E-state index contributed by atoms with van der Waals surface area (Å²) in [6.07, 6.45) is 5.88. The topological polar surface area (TPSA) is 35.6 Å². The molecule has 0 saturated carbocycles. The van der Waals surface area contributed by atoms with Crippen LogP contribution in [0.3, 0.4) is 0 Å². The van der Waals surface area contributed by atoms with Gasteiger partial charge >= 0.3 is 0 Å². The lowest BCUT2D eigenvalue weighted by Crippen LogP contribution is -2.52. The van der Waals surface area contributed by atoms with Crippen molar-refractivity contribution in [3.8, 4) is 0 Å². The van der Waals surface area contributed by atoms with Gasteiger partial charge in [-0.2, -0.15) is 0 Å². The molecule has 0 aromatic rings. The zero-order valence-electron chi connectivity index (χ0n) is 13.4. The van der Waals surface area contributed by atoms with E-state index in [0.29, 0.717) is 12.0 Å².